The topological polar surface area (TPSA) is 80.5 Å². The van der Waals surface area contributed by atoms with Crippen LogP contribution in [0.15, 0.2) is 48.0 Å². The Bertz CT molecular complexity index is 1040. The van der Waals surface area contributed by atoms with Gasteiger partial charge in [-0.2, -0.15) is 17.5 Å². The molecule has 0 N–H and O–H groups in total. The van der Waals surface area contributed by atoms with Gasteiger partial charge >= 0.3 is 6.18 Å². The molecular weight excluding hydrogens is 395 g/mol. The number of fused-ring (bicyclic) bond motifs is 1. The van der Waals surface area contributed by atoms with Crippen LogP contribution in [0.3, 0.4) is 0 Å². The molecule has 0 fully saturated rings. The van der Waals surface area contributed by atoms with E-state index in [-0.39, 0.29) is 20.5 Å². The number of hydrogen-bond acceptors (Lipinski definition) is 5. The van der Waals surface area contributed by atoms with E-state index in [0.717, 1.165) is 31.6 Å². The zero-order valence-corrected chi connectivity index (χ0v) is 14.7. The highest BCUT2D eigenvalue weighted by molar-refractivity contribution is 7.89. The quantitative estimate of drug-likeness (QED) is 0.623. The average molecular weight is 406 g/mol. The van der Waals surface area contributed by atoms with Crippen molar-refractivity contribution in [3.63, 3.8) is 0 Å². The van der Waals surface area contributed by atoms with Crippen LogP contribution in [0.1, 0.15) is 11.6 Å². The predicted molar refractivity (Wildman–Crippen MR) is 86.0 cm³/mol. The van der Waals surface area contributed by atoms with E-state index in [2.05, 4.69) is 15.2 Å². The Balaban J connectivity index is 2.07. The third-order valence-electron chi connectivity index (χ3n) is 3.67. The second-order valence-electron chi connectivity index (χ2n) is 5.34. The van der Waals surface area contributed by atoms with E-state index >= 15 is 0 Å². The molecule has 1 aromatic carbocycles. The highest BCUT2D eigenvalue weighted by atomic mass is 35.5. The Kier molecular flexibility index (Phi) is 4.63. The van der Waals surface area contributed by atoms with E-state index in [9.17, 15) is 21.6 Å². The summed E-state index contributed by atoms with van der Waals surface area (Å²) in [6.07, 6.45) is -2.45. The number of benzene rings is 1. The van der Waals surface area contributed by atoms with Gasteiger partial charge in [0.25, 0.3) is 10.0 Å². The van der Waals surface area contributed by atoms with Crippen molar-refractivity contribution < 1.29 is 21.6 Å². The Hall–Kier alpha value is -2.24. The minimum atomic E-state index is -4.85. The molecule has 12 heteroatoms. The number of rotatable bonds is 4. The van der Waals surface area contributed by atoms with Crippen LogP contribution in [0.25, 0.3) is 5.65 Å². The van der Waals surface area contributed by atoms with Crippen molar-refractivity contribution in [2.24, 2.45) is 0 Å². The van der Waals surface area contributed by atoms with Gasteiger partial charge in [0, 0.05) is 18.1 Å². The molecule has 0 bridgehead atoms. The normalized spacial score (nSPS) is 14.1. The van der Waals surface area contributed by atoms with Crippen molar-refractivity contribution in [3.8, 4) is 0 Å². The molecule has 138 valence electrons. The van der Waals surface area contributed by atoms with E-state index in [4.69, 9.17) is 11.6 Å². The smallest absolute Gasteiger partial charge is 0.272 e. The van der Waals surface area contributed by atoms with Gasteiger partial charge in [0.05, 0.1) is 0 Å². The summed E-state index contributed by atoms with van der Waals surface area (Å²) >= 11 is 5.70. The molecule has 3 aromatic rings. The Morgan fingerprint density at radius 1 is 1.19 bits per heavy atom. The molecule has 3 rings (SSSR count). The van der Waals surface area contributed by atoms with Crippen LogP contribution in [-0.4, -0.2) is 45.5 Å². The molecule has 7 nitrogen and oxygen atoms in total. The average Bonchev–Trinajstić information content (AvgIpc) is 3.03. The predicted octanol–water partition coefficient (Wildman–Crippen LogP) is 2.70. The van der Waals surface area contributed by atoms with E-state index in [1.54, 1.807) is 0 Å². The fraction of sp³-hybridized carbons (Fsp3) is 0.214. The molecule has 2 heterocycles. The van der Waals surface area contributed by atoms with Gasteiger partial charge in [0.1, 0.15) is 18.7 Å². The van der Waals surface area contributed by atoms with Crippen LogP contribution >= 0.6 is 11.6 Å². The zero-order chi connectivity index (χ0) is 19.1. The number of halogens is 4. The van der Waals surface area contributed by atoms with Crippen LogP contribution in [-0.2, 0) is 10.0 Å². The minimum Gasteiger partial charge on any atom is -0.272 e. The standard InChI is InChI=1S/C14H11ClF3N5O2S/c1-22(13(14(16,17)18)9-2-4-10(15)5-3-9)26(24,25)12-6-11-21-20-8-23(11)7-19-12/h2-8,13H,1H3. The van der Waals surface area contributed by atoms with E-state index < -0.39 is 27.3 Å². The van der Waals surface area contributed by atoms with Crippen molar-refractivity contribution in [3.05, 3.63) is 53.6 Å². The van der Waals surface area contributed by atoms with E-state index in [1.807, 2.05) is 0 Å². The summed E-state index contributed by atoms with van der Waals surface area (Å²) in [6, 6.07) is 3.42. The summed E-state index contributed by atoms with van der Waals surface area (Å²) in [5.74, 6) is 0. The maximum Gasteiger partial charge on any atom is 0.409 e. The van der Waals surface area contributed by atoms with Crippen LogP contribution < -0.4 is 0 Å². The Labute approximate surface area is 151 Å². The van der Waals surface area contributed by atoms with Crippen molar-refractivity contribution in [1.82, 2.24) is 23.9 Å². The summed E-state index contributed by atoms with van der Waals surface area (Å²) in [4.78, 5) is 3.71. The summed E-state index contributed by atoms with van der Waals surface area (Å²) in [5, 5.41) is 6.91. The molecule has 0 saturated heterocycles. The van der Waals surface area contributed by atoms with Crippen LogP contribution in [0.5, 0.6) is 0 Å². The second kappa shape index (κ2) is 6.49. The maximum absolute atomic E-state index is 13.6. The molecule has 0 amide bonds. The zero-order valence-electron chi connectivity index (χ0n) is 13.1. The molecule has 0 aliphatic heterocycles. The molecule has 1 unspecified atom stereocenters. The van der Waals surface area contributed by atoms with Gasteiger partial charge in [0.15, 0.2) is 10.7 Å². The number of sulfonamides is 1. The lowest BCUT2D eigenvalue weighted by atomic mass is 10.1. The molecule has 0 aliphatic rings. The number of aromatic nitrogens is 4. The fourth-order valence-electron chi connectivity index (χ4n) is 2.39. The third-order valence-corrected chi connectivity index (χ3v) is 5.64. The van der Waals surface area contributed by atoms with Gasteiger partial charge < -0.3 is 0 Å². The Morgan fingerprint density at radius 3 is 2.46 bits per heavy atom. The highest BCUT2D eigenvalue weighted by Gasteiger charge is 2.48. The first-order chi connectivity index (χ1) is 12.1. The highest BCUT2D eigenvalue weighted by Crippen LogP contribution is 2.39. The van der Waals surface area contributed by atoms with Crippen molar-refractivity contribution >= 4 is 27.3 Å². The second-order valence-corrected chi connectivity index (χ2v) is 7.72. The van der Waals surface area contributed by atoms with Gasteiger partial charge in [-0.15, -0.1) is 10.2 Å². The molecule has 0 spiro atoms. The molecular formula is C14H11ClF3N5O2S. The summed E-state index contributed by atoms with van der Waals surface area (Å²) in [7, 11) is -3.72. The molecule has 0 saturated carbocycles. The molecule has 0 radical (unpaired) electrons. The van der Waals surface area contributed by atoms with Gasteiger partial charge in [0.2, 0.25) is 0 Å². The maximum atomic E-state index is 13.6. The first-order valence-electron chi connectivity index (χ1n) is 7.06. The van der Waals surface area contributed by atoms with Gasteiger partial charge in [-0.05, 0) is 17.7 Å². The number of alkyl halides is 3. The van der Waals surface area contributed by atoms with Crippen molar-refractivity contribution in [1.29, 1.82) is 0 Å². The third kappa shape index (κ3) is 3.37. The number of nitrogens with zero attached hydrogens (tertiary/aromatic N) is 5. The summed E-state index contributed by atoms with van der Waals surface area (Å²) < 4.78 is 67.8. The van der Waals surface area contributed by atoms with Gasteiger partial charge in [-0.25, -0.2) is 13.4 Å². The van der Waals surface area contributed by atoms with Crippen LogP contribution in [0, 0.1) is 0 Å². The fourth-order valence-corrected chi connectivity index (χ4v) is 3.76. The summed E-state index contributed by atoms with van der Waals surface area (Å²) in [6.45, 7) is 0. The van der Waals surface area contributed by atoms with E-state index in [1.165, 1.54) is 22.9 Å². The lowest BCUT2D eigenvalue weighted by molar-refractivity contribution is -0.171. The lowest BCUT2D eigenvalue weighted by Gasteiger charge is -2.29. The molecule has 2 aromatic heterocycles. The molecule has 0 aliphatic carbocycles. The monoisotopic (exact) mass is 405 g/mol. The van der Waals surface area contributed by atoms with Gasteiger partial charge in [-0.1, -0.05) is 23.7 Å². The van der Waals surface area contributed by atoms with Crippen molar-refractivity contribution in [2.45, 2.75) is 17.2 Å². The minimum absolute atomic E-state index is 0.141. The molecule has 26 heavy (non-hydrogen) atoms. The lowest BCUT2D eigenvalue weighted by Crippen LogP contribution is -2.40. The van der Waals surface area contributed by atoms with E-state index in [0.29, 0.717) is 0 Å². The van der Waals surface area contributed by atoms with Crippen LogP contribution in [0.4, 0.5) is 13.2 Å². The first-order valence-corrected chi connectivity index (χ1v) is 8.88. The molecule has 1 atom stereocenters. The first kappa shape index (κ1) is 18.5. The largest absolute Gasteiger partial charge is 0.409 e. The van der Waals surface area contributed by atoms with Crippen LogP contribution in [0.2, 0.25) is 5.02 Å². The number of hydrogen-bond donors (Lipinski definition) is 0. The SMILES string of the molecule is CN(C(c1ccc(Cl)cc1)C(F)(F)F)S(=O)(=O)c1cc2nncn2cn1. The van der Waals surface area contributed by atoms with Gasteiger partial charge in [-0.3, -0.25) is 4.40 Å². The summed E-state index contributed by atoms with van der Waals surface area (Å²) in [5.41, 5.74) is -0.126. The van der Waals surface area contributed by atoms with Crippen molar-refractivity contribution in [2.75, 3.05) is 7.05 Å². The Morgan fingerprint density at radius 2 is 1.85 bits per heavy atom.